The standard InChI is InChI=1S/C9H6BrF3O3S/c1-6(7-2-4-8(10)5-3-7)16-17(14,15)9(11,12)13/h2-5H,1H2. The van der Waals surface area contributed by atoms with E-state index in [1.54, 1.807) is 0 Å². The lowest BCUT2D eigenvalue weighted by Crippen LogP contribution is -2.24. The zero-order chi connectivity index (χ0) is 13.3. The molecule has 0 aliphatic carbocycles. The summed E-state index contributed by atoms with van der Waals surface area (Å²) in [6.45, 7) is 3.14. The van der Waals surface area contributed by atoms with Gasteiger partial charge in [-0.05, 0) is 12.1 Å². The van der Waals surface area contributed by atoms with E-state index in [9.17, 15) is 21.6 Å². The summed E-state index contributed by atoms with van der Waals surface area (Å²) < 4.78 is 62.0. The number of hydrogen-bond acceptors (Lipinski definition) is 3. The van der Waals surface area contributed by atoms with Gasteiger partial charge in [-0.25, -0.2) is 0 Å². The third kappa shape index (κ3) is 3.47. The van der Waals surface area contributed by atoms with Crippen molar-refractivity contribution >= 4 is 31.8 Å². The molecule has 1 aromatic carbocycles. The maximum atomic E-state index is 12.0. The molecule has 0 unspecified atom stereocenters. The van der Waals surface area contributed by atoms with Gasteiger partial charge in [0.2, 0.25) is 0 Å². The molecule has 0 aliphatic rings. The van der Waals surface area contributed by atoms with Crippen LogP contribution in [0.2, 0.25) is 0 Å². The normalized spacial score (nSPS) is 12.2. The fourth-order valence-corrected chi connectivity index (χ4v) is 1.58. The van der Waals surface area contributed by atoms with Crippen LogP contribution in [0.15, 0.2) is 35.3 Å². The van der Waals surface area contributed by atoms with Crippen LogP contribution in [-0.2, 0) is 14.3 Å². The lowest BCUT2D eigenvalue weighted by atomic mass is 10.2. The van der Waals surface area contributed by atoms with E-state index in [0.717, 1.165) is 0 Å². The predicted molar refractivity (Wildman–Crippen MR) is 59.2 cm³/mol. The molecule has 0 spiro atoms. The van der Waals surface area contributed by atoms with Crippen molar-refractivity contribution < 1.29 is 25.8 Å². The highest BCUT2D eigenvalue weighted by Crippen LogP contribution is 2.29. The summed E-state index contributed by atoms with van der Waals surface area (Å²) in [6.07, 6.45) is 0. The van der Waals surface area contributed by atoms with E-state index in [1.165, 1.54) is 24.3 Å². The van der Waals surface area contributed by atoms with Crippen LogP contribution in [-0.4, -0.2) is 13.9 Å². The molecule has 0 N–H and O–H groups in total. The van der Waals surface area contributed by atoms with Gasteiger partial charge in [-0.3, -0.25) is 0 Å². The van der Waals surface area contributed by atoms with Crippen molar-refractivity contribution in [2.24, 2.45) is 0 Å². The number of hydrogen-bond donors (Lipinski definition) is 0. The Kier molecular flexibility index (Phi) is 3.88. The van der Waals surface area contributed by atoms with Crippen LogP contribution >= 0.6 is 15.9 Å². The highest BCUT2D eigenvalue weighted by molar-refractivity contribution is 9.10. The van der Waals surface area contributed by atoms with Gasteiger partial charge in [0, 0.05) is 10.0 Å². The molecule has 8 heteroatoms. The predicted octanol–water partition coefficient (Wildman–Crippen LogP) is 3.29. The molecule has 0 bridgehead atoms. The summed E-state index contributed by atoms with van der Waals surface area (Å²) in [5.41, 5.74) is -5.33. The molecular weight excluding hydrogens is 325 g/mol. The summed E-state index contributed by atoms with van der Waals surface area (Å²) in [5.74, 6) is -0.588. The monoisotopic (exact) mass is 330 g/mol. The summed E-state index contributed by atoms with van der Waals surface area (Å²) >= 11 is 3.12. The summed E-state index contributed by atoms with van der Waals surface area (Å²) in [6, 6.07) is 5.78. The molecule has 0 radical (unpaired) electrons. The van der Waals surface area contributed by atoms with E-state index in [1.807, 2.05) is 0 Å². The number of alkyl halides is 3. The van der Waals surface area contributed by atoms with E-state index in [4.69, 9.17) is 0 Å². The van der Waals surface area contributed by atoms with Gasteiger partial charge in [0.05, 0.1) is 0 Å². The average Bonchev–Trinajstić information content (AvgIpc) is 2.16. The highest BCUT2D eigenvalue weighted by Gasteiger charge is 2.48. The number of halogens is 4. The first kappa shape index (κ1) is 14.0. The molecule has 0 heterocycles. The Labute approximate surface area is 104 Å². The maximum absolute atomic E-state index is 12.0. The Morgan fingerprint density at radius 3 is 2.12 bits per heavy atom. The summed E-state index contributed by atoms with van der Waals surface area (Å²) in [7, 11) is -5.67. The maximum Gasteiger partial charge on any atom is 0.534 e. The Bertz CT molecular complexity index is 519. The van der Waals surface area contributed by atoms with E-state index in [-0.39, 0.29) is 5.56 Å². The summed E-state index contributed by atoms with van der Waals surface area (Å²) in [4.78, 5) is 0. The van der Waals surface area contributed by atoms with Crippen molar-refractivity contribution in [2.45, 2.75) is 5.51 Å². The minimum absolute atomic E-state index is 0.140. The second-order valence-electron chi connectivity index (χ2n) is 2.91. The first-order chi connectivity index (χ1) is 7.63. The molecule has 0 saturated carbocycles. The van der Waals surface area contributed by atoms with Crippen LogP contribution in [0.25, 0.3) is 5.76 Å². The highest BCUT2D eigenvalue weighted by atomic mass is 79.9. The van der Waals surface area contributed by atoms with Crippen LogP contribution in [0.5, 0.6) is 0 Å². The number of benzene rings is 1. The largest absolute Gasteiger partial charge is 0.534 e. The topological polar surface area (TPSA) is 43.4 Å². The molecular formula is C9H6BrF3O3S. The van der Waals surface area contributed by atoms with Gasteiger partial charge in [0.1, 0.15) is 5.76 Å². The Balaban J connectivity index is 2.91. The van der Waals surface area contributed by atoms with Crippen molar-refractivity contribution in [3.05, 3.63) is 40.9 Å². The lowest BCUT2D eigenvalue weighted by molar-refractivity contribution is -0.0509. The van der Waals surface area contributed by atoms with Crippen LogP contribution in [0.1, 0.15) is 5.56 Å². The van der Waals surface area contributed by atoms with E-state index < -0.39 is 21.4 Å². The van der Waals surface area contributed by atoms with Gasteiger partial charge in [-0.1, -0.05) is 34.6 Å². The summed E-state index contributed by atoms with van der Waals surface area (Å²) in [5, 5.41) is 0. The first-order valence-electron chi connectivity index (χ1n) is 4.09. The van der Waals surface area contributed by atoms with Gasteiger partial charge in [0.25, 0.3) is 0 Å². The van der Waals surface area contributed by atoms with Crippen LogP contribution in [0.3, 0.4) is 0 Å². The molecule has 0 saturated heterocycles. The van der Waals surface area contributed by atoms with Gasteiger partial charge in [-0.15, -0.1) is 0 Å². The van der Waals surface area contributed by atoms with E-state index >= 15 is 0 Å². The Hall–Kier alpha value is -1.02. The van der Waals surface area contributed by atoms with Gasteiger partial charge in [0.15, 0.2) is 0 Å². The second kappa shape index (κ2) is 4.69. The fraction of sp³-hybridized carbons (Fsp3) is 0.111. The second-order valence-corrected chi connectivity index (χ2v) is 5.37. The van der Waals surface area contributed by atoms with Crippen molar-refractivity contribution in [3.8, 4) is 0 Å². The minimum Gasteiger partial charge on any atom is -0.376 e. The molecule has 0 atom stereocenters. The molecule has 1 aromatic rings. The van der Waals surface area contributed by atoms with Crippen molar-refractivity contribution in [3.63, 3.8) is 0 Å². The Morgan fingerprint density at radius 1 is 1.24 bits per heavy atom. The molecule has 17 heavy (non-hydrogen) atoms. The van der Waals surface area contributed by atoms with Gasteiger partial charge >= 0.3 is 15.6 Å². The SMILES string of the molecule is C=C(OS(=O)(=O)C(F)(F)F)c1ccc(Br)cc1. The zero-order valence-corrected chi connectivity index (χ0v) is 10.6. The molecule has 0 fully saturated rings. The van der Waals surface area contributed by atoms with Gasteiger partial charge < -0.3 is 4.18 Å². The average molecular weight is 331 g/mol. The van der Waals surface area contributed by atoms with E-state index in [0.29, 0.717) is 4.47 Å². The molecule has 0 aliphatic heterocycles. The van der Waals surface area contributed by atoms with Crippen molar-refractivity contribution in [1.82, 2.24) is 0 Å². The smallest absolute Gasteiger partial charge is 0.376 e. The molecule has 0 aromatic heterocycles. The third-order valence-corrected chi connectivity index (χ3v) is 3.18. The van der Waals surface area contributed by atoms with Crippen LogP contribution < -0.4 is 0 Å². The molecule has 3 nitrogen and oxygen atoms in total. The van der Waals surface area contributed by atoms with Gasteiger partial charge in [-0.2, -0.15) is 21.6 Å². The number of rotatable bonds is 3. The third-order valence-electron chi connectivity index (χ3n) is 1.66. The fourth-order valence-electron chi connectivity index (χ4n) is 0.864. The molecule has 94 valence electrons. The Morgan fingerprint density at radius 2 is 1.71 bits per heavy atom. The van der Waals surface area contributed by atoms with E-state index in [2.05, 4.69) is 26.7 Å². The van der Waals surface area contributed by atoms with Crippen LogP contribution in [0.4, 0.5) is 13.2 Å². The first-order valence-corrected chi connectivity index (χ1v) is 6.29. The molecule has 1 rings (SSSR count). The minimum atomic E-state index is -5.67. The molecule has 0 amide bonds. The quantitative estimate of drug-likeness (QED) is 0.485. The zero-order valence-electron chi connectivity index (χ0n) is 8.16. The lowest BCUT2D eigenvalue weighted by Gasteiger charge is -2.11. The van der Waals surface area contributed by atoms with Crippen LogP contribution in [0, 0.1) is 0 Å². The van der Waals surface area contributed by atoms with Crippen molar-refractivity contribution in [1.29, 1.82) is 0 Å². The van der Waals surface area contributed by atoms with Crippen molar-refractivity contribution in [2.75, 3.05) is 0 Å².